The summed E-state index contributed by atoms with van der Waals surface area (Å²) in [5.41, 5.74) is 1.32. The van der Waals surface area contributed by atoms with Gasteiger partial charge in [-0.1, -0.05) is 30.3 Å². The third kappa shape index (κ3) is 4.00. The van der Waals surface area contributed by atoms with E-state index in [1.54, 1.807) is 0 Å². The number of halogens is 1. The molecular formula is C14H19ClN2O. The van der Waals surface area contributed by atoms with Gasteiger partial charge in [0.1, 0.15) is 0 Å². The Labute approximate surface area is 113 Å². The van der Waals surface area contributed by atoms with E-state index >= 15 is 0 Å². The van der Waals surface area contributed by atoms with Crippen molar-refractivity contribution in [3.63, 3.8) is 0 Å². The van der Waals surface area contributed by atoms with Crippen LogP contribution in [-0.4, -0.2) is 35.8 Å². The topological polar surface area (TPSA) is 32.3 Å². The van der Waals surface area contributed by atoms with E-state index in [4.69, 9.17) is 11.6 Å². The highest BCUT2D eigenvalue weighted by atomic mass is 35.5. The van der Waals surface area contributed by atoms with Crippen LogP contribution in [0.4, 0.5) is 0 Å². The lowest BCUT2D eigenvalue weighted by Gasteiger charge is -2.16. The summed E-state index contributed by atoms with van der Waals surface area (Å²) in [5.74, 6) is 0.461. The second-order valence-electron chi connectivity index (χ2n) is 4.71. The first kappa shape index (κ1) is 13.4. The molecule has 1 N–H and O–H groups in total. The molecule has 18 heavy (non-hydrogen) atoms. The molecule has 2 rings (SSSR count). The molecule has 1 aliphatic rings. The van der Waals surface area contributed by atoms with Gasteiger partial charge in [0.05, 0.1) is 0 Å². The Hall–Kier alpha value is -1.06. The molecule has 0 spiro atoms. The summed E-state index contributed by atoms with van der Waals surface area (Å²) in [4.78, 5) is 13.8. The molecule has 1 aromatic rings. The number of nitrogens with one attached hydrogen (secondary N) is 1. The van der Waals surface area contributed by atoms with E-state index in [0.717, 1.165) is 26.1 Å². The van der Waals surface area contributed by atoms with Gasteiger partial charge >= 0.3 is 0 Å². The Morgan fingerprint density at radius 1 is 1.39 bits per heavy atom. The molecule has 1 saturated heterocycles. The molecule has 3 nitrogen and oxygen atoms in total. The zero-order chi connectivity index (χ0) is 12.8. The second kappa shape index (κ2) is 6.76. The number of likely N-dealkylation sites (tertiary alicyclic amines) is 1. The molecular weight excluding hydrogens is 248 g/mol. The second-order valence-corrected chi connectivity index (χ2v) is 5.09. The Kier molecular flexibility index (Phi) is 5.02. The Bertz CT molecular complexity index is 383. The quantitative estimate of drug-likeness (QED) is 0.827. The van der Waals surface area contributed by atoms with Crippen molar-refractivity contribution >= 4 is 17.5 Å². The molecule has 1 fully saturated rings. The first-order chi connectivity index (χ1) is 8.78. The minimum Gasteiger partial charge on any atom is -0.352 e. The van der Waals surface area contributed by atoms with Crippen LogP contribution in [0.15, 0.2) is 30.3 Å². The van der Waals surface area contributed by atoms with Gasteiger partial charge in [0.2, 0.25) is 5.91 Å². The van der Waals surface area contributed by atoms with E-state index in [1.165, 1.54) is 5.56 Å². The lowest BCUT2D eigenvalue weighted by molar-refractivity contribution is -0.121. The van der Waals surface area contributed by atoms with Crippen LogP contribution in [0.25, 0.3) is 0 Å². The van der Waals surface area contributed by atoms with Crippen molar-refractivity contribution in [2.75, 3.05) is 19.0 Å². The molecule has 1 unspecified atom stereocenters. The zero-order valence-corrected chi connectivity index (χ0v) is 11.2. The smallest absolute Gasteiger partial charge is 0.221 e. The van der Waals surface area contributed by atoms with Gasteiger partial charge in [-0.05, 0) is 12.0 Å². The highest BCUT2D eigenvalue weighted by Gasteiger charge is 2.23. The lowest BCUT2D eigenvalue weighted by Crippen LogP contribution is -2.37. The van der Waals surface area contributed by atoms with Crippen LogP contribution in [0.5, 0.6) is 0 Å². The average molecular weight is 267 g/mol. The Balaban J connectivity index is 1.76. The lowest BCUT2D eigenvalue weighted by atomic mass is 10.2. The third-order valence-corrected chi connectivity index (χ3v) is 3.40. The normalized spacial score (nSPS) is 19.9. The number of hydrogen-bond donors (Lipinski definition) is 1. The SMILES string of the molecule is O=C(CCCl)NC1CCN(Cc2ccccc2)C1. The molecule has 4 heteroatoms. The molecule has 0 aromatic heterocycles. The van der Waals surface area contributed by atoms with Crippen LogP contribution < -0.4 is 5.32 Å². The van der Waals surface area contributed by atoms with Crippen molar-refractivity contribution in [2.45, 2.75) is 25.4 Å². The van der Waals surface area contributed by atoms with Gasteiger partial charge in [0, 0.05) is 38.0 Å². The number of carbonyl (C=O) groups excluding carboxylic acids is 1. The molecule has 0 aliphatic carbocycles. The van der Waals surface area contributed by atoms with E-state index < -0.39 is 0 Å². The maximum absolute atomic E-state index is 11.4. The summed E-state index contributed by atoms with van der Waals surface area (Å²) < 4.78 is 0. The van der Waals surface area contributed by atoms with E-state index in [2.05, 4.69) is 34.5 Å². The molecule has 1 aliphatic heterocycles. The van der Waals surface area contributed by atoms with Crippen molar-refractivity contribution < 1.29 is 4.79 Å². The number of benzene rings is 1. The van der Waals surface area contributed by atoms with Gasteiger partial charge in [-0.15, -0.1) is 11.6 Å². The van der Waals surface area contributed by atoms with Crippen molar-refractivity contribution in [2.24, 2.45) is 0 Å². The Morgan fingerprint density at radius 2 is 2.17 bits per heavy atom. The van der Waals surface area contributed by atoms with Gasteiger partial charge in [-0.3, -0.25) is 9.69 Å². The van der Waals surface area contributed by atoms with E-state index in [-0.39, 0.29) is 11.9 Å². The average Bonchev–Trinajstić information content (AvgIpc) is 2.78. The number of nitrogens with zero attached hydrogens (tertiary/aromatic N) is 1. The van der Waals surface area contributed by atoms with Crippen LogP contribution in [-0.2, 0) is 11.3 Å². The molecule has 1 aromatic carbocycles. The maximum atomic E-state index is 11.4. The maximum Gasteiger partial charge on any atom is 0.221 e. The van der Waals surface area contributed by atoms with Crippen LogP contribution >= 0.6 is 11.6 Å². The van der Waals surface area contributed by atoms with Gasteiger partial charge in [-0.25, -0.2) is 0 Å². The molecule has 0 radical (unpaired) electrons. The first-order valence-corrected chi connectivity index (χ1v) is 6.93. The standard InChI is InChI=1S/C14H19ClN2O/c15-8-6-14(18)16-13-7-9-17(11-13)10-12-4-2-1-3-5-12/h1-5,13H,6-11H2,(H,16,18). The summed E-state index contributed by atoms with van der Waals surface area (Å²) in [6, 6.07) is 10.7. The van der Waals surface area contributed by atoms with E-state index in [0.29, 0.717) is 12.3 Å². The van der Waals surface area contributed by atoms with Crippen molar-refractivity contribution in [1.29, 1.82) is 0 Å². The number of rotatable bonds is 5. The monoisotopic (exact) mass is 266 g/mol. The number of amides is 1. The number of carbonyl (C=O) groups is 1. The predicted molar refractivity (Wildman–Crippen MR) is 73.6 cm³/mol. The third-order valence-electron chi connectivity index (χ3n) is 3.21. The van der Waals surface area contributed by atoms with Crippen molar-refractivity contribution in [1.82, 2.24) is 10.2 Å². The van der Waals surface area contributed by atoms with Crippen LogP contribution in [0, 0.1) is 0 Å². The fourth-order valence-electron chi connectivity index (χ4n) is 2.32. The summed E-state index contributed by atoms with van der Waals surface area (Å²) in [7, 11) is 0. The number of hydrogen-bond acceptors (Lipinski definition) is 2. The largest absolute Gasteiger partial charge is 0.352 e. The summed E-state index contributed by atoms with van der Waals surface area (Å²) in [6.07, 6.45) is 1.44. The van der Waals surface area contributed by atoms with Gasteiger partial charge < -0.3 is 5.32 Å². The minimum atomic E-state index is 0.0663. The van der Waals surface area contributed by atoms with Crippen LogP contribution in [0.2, 0.25) is 0 Å². The van der Waals surface area contributed by atoms with Crippen molar-refractivity contribution in [3.8, 4) is 0 Å². The molecule has 98 valence electrons. The van der Waals surface area contributed by atoms with Crippen LogP contribution in [0.1, 0.15) is 18.4 Å². The predicted octanol–water partition coefficient (Wildman–Crippen LogP) is 2.01. The molecule has 0 saturated carbocycles. The highest BCUT2D eigenvalue weighted by molar-refractivity contribution is 6.18. The minimum absolute atomic E-state index is 0.0663. The van der Waals surface area contributed by atoms with E-state index in [1.807, 2.05) is 6.07 Å². The molecule has 0 bridgehead atoms. The highest BCUT2D eigenvalue weighted by Crippen LogP contribution is 2.13. The first-order valence-electron chi connectivity index (χ1n) is 6.39. The van der Waals surface area contributed by atoms with Gasteiger partial charge in [-0.2, -0.15) is 0 Å². The summed E-state index contributed by atoms with van der Waals surface area (Å²) in [6.45, 7) is 2.94. The van der Waals surface area contributed by atoms with Gasteiger partial charge in [0.25, 0.3) is 0 Å². The van der Waals surface area contributed by atoms with E-state index in [9.17, 15) is 4.79 Å². The molecule has 1 heterocycles. The molecule has 1 atom stereocenters. The van der Waals surface area contributed by atoms with Crippen molar-refractivity contribution in [3.05, 3.63) is 35.9 Å². The fourth-order valence-corrected chi connectivity index (χ4v) is 2.49. The fraction of sp³-hybridized carbons (Fsp3) is 0.500. The zero-order valence-electron chi connectivity index (χ0n) is 10.4. The molecule has 1 amide bonds. The van der Waals surface area contributed by atoms with Crippen LogP contribution in [0.3, 0.4) is 0 Å². The number of alkyl halides is 1. The Morgan fingerprint density at radius 3 is 2.89 bits per heavy atom. The summed E-state index contributed by atoms with van der Waals surface area (Å²) in [5, 5.41) is 3.03. The van der Waals surface area contributed by atoms with Gasteiger partial charge in [0.15, 0.2) is 0 Å². The summed E-state index contributed by atoms with van der Waals surface area (Å²) >= 11 is 5.55.